The smallest absolute Gasteiger partial charge is 0.282 e. The molecule has 0 amide bonds. The molecular formula is C26H24BrN3O2S. The summed E-state index contributed by atoms with van der Waals surface area (Å²) in [5, 5.41) is 8.76. The van der Waals surface area contributed by atoms with Gasteiger partial charge >= 0.3 is 0 Å². The zero-order valence-corrected chi connectivity index (χ0v) is 20.8. The van der Waals surface area contributed by atoms with E-state index in [2.05, 4.69) is 26.4 Å². The van der Waals surface area contributed by atoms with Crippen molar-refractivity contribution < 1.29 is 8.42 Å². The topological polar surface area (TPSA) is 73.5 Å². The molecule has 0 bridgehead atoms. The van der Waals surface area contributed by atoms with E-state index in [0.717, 1.165) is 21.3 Å². The first-order valence-corrected chi connectivity index (χ1v) is 12.6. The maximum atomic E-state index is 13.0. The Labute approximate surface area is 203 Å². The highest BCUT2D eigenvalue weighted by Crippen LogP contribution is 2.19. The maximum absolute atomic E-state index is 13.0. The second kappa shape index (κ2) is 11.1. The number of hydrogen-bond acceptors (Lipinski definition) is 4. The lowest BCUT2D eigenvalue weighted by Gasteiger charge is -2.17. The standard InChI is InChI=1S/C26H24BrN3O2S/c1-20-4-15-25(16-5-20)33(31,32)29-26(22-9-11-23(27)12-10-22)17-8-21-6-13-24(14-7-21)30(2)19-3-18-28/h4-17H,3,19H2,1-2H3/b17-8+,29-26+. The Bertz CT molecular complexity index is 1290. The van der Waals surface area contributed by atoms with Gasteiger partial charge in [0, 0.05) is 29.3 Å². The van der Waals surface area contributed by atoms with Crippen LogP contribution >= 0.6 is 15.9 Å². The normalized spacial score (nSPS) is 12.0. The SMILES string of the molecule is Cc1ccc(S(=O)(=O)/N=C(\C=C\c2ccc(N(C)CCC#N)cc2)c2ccc(Br)cc2)cc1. The fourth-order valence-electron chi connectivity index (χ4n) is 3.05. The third-order valence-corrected chi connectivity index (χ3v) is 6.84. The van der Waals surface area contributed by atoms with Gasteiger partial charge in [0.1, 0.15) is 0 Å². The quantitative estimate of drug-likeness (QED) is 0.340. The zero-order chi connectivity index (χ0) is 23.8. The van der Waals surface area contributed by atoms with Crippen molar-refractivity contribution in [3.05, 3.63) is 100 Å². The average molecular weight is 522 g/mol. The lowest BCUT2D eigenvalue weighted by atomic mass is 10.1. The van der Waals surface area contributed by atoms with Gasteiger partial charge in [-0.05, 0) is 55.0 Å². The molecule has 0 saturated heterocycles. The minimum Gasteiger partial charge on any atom is -0.374 e. The number of hydrogen-bond donors (Lipinski definition) is 0. The van der Waals surface area contributed by atoms with E-state index in [9.17, 15) is 8.42 Å². The van der Waals surface area contributed by atoms with Crippen LogP contribution in [0.25, 0.3) is 6.08 Å². The van der Waals surface area contributed by atoms with Crippen LogP contribution in [0, 0.1) is 18.3 Å². The fourth-order valence-corrected chi connectivity index (χ4v) is 4.33. The Morgan fingerprint density at radius 1 is 1.03 bits per heavy atom. The van der Waals surface area contributed by atoms with Gasteiger partial charge in [-0.2, -0.15) is 18.1 Å². The maximum Gasteiger partial charge on any atom is 0.282 e. The zero-order valence-electron chi connectivity index (χ0n) is 18.4. The number of rotatable bonds is 8. The van der Waals surface area contributed by atoms with Crippen molar-refractivity contribution in [2.75, 3.05) is 18.5 Å². The van der Waals surface area contributed by atoms with Gasteiger partial charge in [-0.3, -0.25) is 0 Å². The molecule has 0 fully saturated rings. The van der Waals surface area contributed by atoms with Crippen LogP contribution < -0.4 is 4.90 Å². The van der Waals surface area contributed by atoms with E-state index < -0.39 is 10.0 Å². The van der Waals surface area contributed by atoms with Gasteiger partial charge in [0.2, 0.25) is 0 Å². The molecule has 0 atom stereocenters. The number of allylic oxidation sites excluding steroid dienone is 1. The van der Waals surface area contributed by atoms with Crippen LogP contribution in [-0.2, 0) is 10.0 Å². The number of nitriles is 1. The molecule has 3 rings (SSSR count). The first-order valence-electron chi connectivity index (χ1n) is 10.3. The van der Waals surface area contributed by atoms with Crippen molar-refractivity contribution in [2.24, 2.45) is 4.40 Å². The first-order chi connectivity index (χ1) is 15.8. The number of sulfonamides is 1. The van der Waals surface area contributed by atoms with Crippen molar-refractivity contribution in [2.45, 2.75) is 18.2 Å². The fraction of sp³-hybridized carbons (Fsp3) is 0.154. The van der Waals surface area contributed by atoms with E-state index in [1.807, 2.05) is 73.5 Å². The molecule has 0 aromatic heterocycles. The summed E-state index contributed by atoms with van der Waals surface area (Å²) in [4.78, 5) is 2.17. The van der Waals surface area contributed by atoms with Gasteiger partial charge in [-0.25, -0.2) is 0 Å². The van der Waals surface area contributed by atoms with E-state index in [-0.39, 0.29) is 4.90 Å². The lowest BCUT2D eigenvalue weighted by molar-refractivity contribution is 0.598. The molecule has 3 aromatic rings. The number of aryl methyl sites for hydroxylation is 1. The van der Waals surface area contributed by atoms with Crippen LogP contribution in [0.15, 0.2) is 92.6 Å². The summed E-state index contributed by atoms with van der Waals surface area (Å²) in [6.45, 7) is 2.56. The highest BCUT2D eigenvalue weighted by atomic mass is 79.9. The molecule has 0 aliphatic carbocycles. The number of anilines is 1. The number of nitrogens with zero attached hydrogens (tertiary/aromatic N) is 3. The molecule has 7 heteroatoms. The van der Waals surface area contributed by atoms with Crippen LogP contribution in [-0.4, -0.2) is 27.7 Å². The summed E-state index contributed by atoms with van der Waals surface area (Å²) in [6, 6.07) is 24.0. The molecule has 0 heterocycles. The Hall–Kier alpha value is -3.21. The largest absolute Gasteiger partial charge is 0.374 e. The molecule has 0 spiro atoms. The van der Waals surface area contributed by atoms with Crippen LogP contribution in [0.2, 0.25) is 0 Å². The van der Waals surface area contributed by atoms with Crippen LogP contribution in [0.1, 0.15) is 23.1 Å². The van der Waals surface area contributed by atoms with Crippen molar-refractivity contribution in [1.29, 1.82) is 5.26 Å². The Morgan fingerprint density at radius 3 is 2.27 bits per heavy atom. The highest BCUT2D eigenvalue weighted by molar-refractivity contribution is 9.10. The van der Waals surface area contributed by atoms with Crippen LogP contribution in [0.5, 0.6) is 0 Å². The van der Waals surface area contributed by atoms with Gasteiger partial charge < -0.3 is 4.90 Å². The van der Waals surface area contributed by atoms with Gasteiger partial charge in [0.25, 0.3) is 10.0 Å². The molecule has 0 N–H and O–H groups in total. The van der Waals surface area contributed by atoms with Gasteiger partial charge in [-0.1, -0.05) is 64.0 Å². The first kappa shape index (κ1) is 24.4. The van der Waals surface area contributed by atoms with E-state index in [1.165, 1.54) is 0 Å². The van der Waals surface area contributed by atoms with Crippen molar-refractivity contribution in [3.8, 4) is 6.07 Å². The summed E-state index contributed by atoms with van der Waals surface area (Å²) in [6.07, 6.45) is 4.01. The third kappa shape index (κ3) is 6.88. The summed E-state index contributed by atoms with van der Waals surface area (Å²) in [5.74, 6) is 0. The predicted octanol–water partition coefficient (Wildman–Crippen LogP) is 6.00. The minimum atomic E-state index is -3.87. The number of halogens is 1. The monoisotopic (exact) mass is 521 g/mol. The lowest BCUT2D eigenvalue weighted by Crippen LogP contribution is -2.17. The molecule has 0 radical (unpaired) electrons. The van der Waals surface area contributed by atoms with E-state index in [0.29, 0.717) is 24.2 Å². The van der Waals surface area contributed by atoms with E-state index in [1.54, 1.807) is 30.3 Å². The molecule has 5 nitrogen and oxygen atoms in total. The van der Waals surface area contributed by atoms with Crippen molar-refractivity contribution in [3.63, 3.8) is 0 Å². The highest BCUT2D eigenvalue weighted by Gasteiger charge is 2.14. The van der Waals surface area contributed by atoms with Gasteiger partial charge in [0.15, 0.2) is 0 Å². The van der Waals surface area contributed by atoms with E-state index >= 15 is 0 Å². The third-order valence-electron chi connectivity index (χ3n) is 5.00. The molecule has 3 aromatic carbocycles. The van der Waals surface area contributed by atoms with E-state index in [4.69, 9.17) is 5.26 Å². The molecule has 168 valence electrons. The summed E-state index contributed by atoms with van der Waals surface area (Å²) >= 11 is 3.41. The van der Waals surface area contributed by atoms with Gasteiger partial charge in [-0.15, -0.1) is 0 Å². The number of benzene rings is 3. The van der Waals surface area contributed by atoms with Crippen molar-refractivity contribution >= 4 is 43.4 Å². The minimum absolute atomic E-state index is 0.154. The van der Waals surface area contributed by atoms with Crippen LogP contribution in [0.3, 0.4) is 0 Å². The second-order valence-electron chi connectivity index (χ2n) is 7.53. The molecule has 0 aliphatic heterocycles. The molecule has 0 unspecified atom stereocenters. The molecular weight excluding hydrogens is 498 g/mol. The Kier molecular flexibility index (Phi) is 8.21. The van der Waals surface area contributed by atoms with Crippen molar-refractivity contribution in [1.82, 2.24) is 0 Å². The molecule has 0 saturated carbocycles. The summed E-state index contributed by atoms with van der Waals surface area (Å²) in [7, 11) is -1.93. The Morgan fingerprint density at radius 2 is 1.67 bits per heavy atom. The predicted molar refractivity (Wildman–Crippen MR) is 138 cm³/mol. The van der Waals surface area contributed by atoms with Gasteiger partial charge in [0.05, 0.1) is 23.1 Å². The average Bonchev–Trinajstić information content (AvgIpc) is 2.81. The second-order valence-corrected chi connectivity index (χ2v) is 10.0. The summed E-state index contributed by atoms with van der Waals surface area (Å²) in [5.41, 5.74) is 3.93. The molecule has 0 aliphatic rings. The Balaban J connectivity index is 1.93. The molecule has 33 heavy (non-hydrogen) atoms. The van der Waals surface area contributed by atoms with Crippen LogP contribution in [0.4, 0.5) is 5.69 Å². The summed E-state index contributed by atoms with van der Waals surface area (Å²) < 4.78 is 31.0.